The van der Waals surface area contributed by atoms with Crippen molar-refractivity contribution in [3.63, 3.8) is 0 Å². The van der Waals surface area contributed by atoms with Crippen molar-refractivity contribution in [1.29, 1.82) is 0 Å². The average Bonchev–Trinajstić information content (AvgIpc) is 2.96. The topological polar surface area (TPSA) is 55.4 Å². The van der Waals surface area contributed by atoms with Crippen LogP contribution in [-0.4, -0.2) is 25.2 Å². The van der Waals surface area contributed by atoms with Gasteiger partial charge in [-0.15, -0.1) is 11.8 Å². The number of amides is 1. The molecule has 0 aliphatic carbocycles. The average molecular weight is 513 g/mol. The molecule has 0 saturated heterocycles. The van der Waals surface area contributed by atoms with Crippen LogP contribution in [0.2, 0.25) is 0 Å². The molecule has 0 fully saturated rings. The molecule has 0 saturated carbocycles. The van der Waals surface area contributed by atoms with E-state index in [1.54, 1.807) is 12.1 Å². The first-order valence-corrected chi connectivity index (χ1v) is 14.4. The summed E-state index contributed by atoms with van der Waals surface area (Å²) in [6.07, 6.45) is 1.86. The lowest BCUT2D eigenvalue weighted by Crippen LogP contribution is -2.37. The molecular formula is C30H27NO3PS+. The third kappa shape index (κ3) is 4.99. The van der Waals surface area contributed by atoms with E-state index in [2.05, 4.69) is 5.32 Å². The second-order valence-corrected chi connectivity index (χ2v) is 12.0. The molecule has 0 aromatic heterocycles. The van der Waals surface area contributed by atoms with Gasteiger partial charge < -0.3 is 10.1 Å². The molecule has 4 aromatic rings. The molecule has 4 aromatic carbocycles. The molecule has 0 spiro atoms. The quantitative estimate of drug-likeness (QED) is 0.202. The number of thioether (sulfide) groups is 1. The maximum atomic E-state index is 13.8. The Morgan fingerprint density at radius 1 is 0.667 bits per heavy atom. The lowest BCUT2D eigenvalue weighted by molar-refractivity contribution is -0.135. The van der Waals surface area contributed by atoms with Gasteiger partial charge in [0, 0.05) is 5.56 Å². The summed E-state index contributed by atoms with van der Waals surface area (Å²) in [4.78, 5) is 27.0. The SMILES string of the molecule is COC(=O)/C(=C(/NC(=O)c1ccccc1)SC)[P+](c1ccccc1)(c1ccccc1)c1ccccc1. The zero-order valence-corrected chi connectivity index (χ0v) is 21.8. The van der Waals surface area contributed by atoms with Gasteiger partial charge in [-0.2, -0.15) is 0 Å². The van der Waals surface area contributed by atoms with E-state index in [0.717, 1.165) is 15.9 Å². The Morgan fingerprint density at radius 3 is 1.42 bits per heavy atom. The normalized spacial score (nSPS) is 11.8. The van der Waals surface area contributed by atoms with Crippen LogP contribution in [0.1, 0.15) is 10.4 Å². The van der Waals surface area contributed by atoms with E-state index in [-0.39, 0.29) is 5.91 Å². The van der Waals surface area contributed by atoms with Crippen molar-refractivity contribution in [2.45, 2.75) is 0 Å². The van der Waals surface area contributed by atoms with E-state index < -0.39 is 13.2 Å². The van der Waals surface area contributed by atoms with Crippen molar-refractivity contribution >= 4 is 46.8 Å². The van der Waals surface area contributed by atoms with Crippen LogP contribution in [0.4, 0.5) is 0 Å². The van der Waals surface area contributed by atoms with Crippen LogP contribution in [-0.2, 0) is 9.53 Å². The van der Waals surface area contributed by atoms with Crippen LogP contribution >= 0.6 is 19.0 Å². The Balaban J connectivity index is 2.10. The standard InChI is InChI=1S/C30H26NO3PS/c1-34-30(33)27(29(36-2)31-28(32)23-15-7-3-8-16-23)35(24-17-9-4-10-18-24,25-19-11-5-12-20-25)26-21-13-6-14-22-26/h3-22H,1-2H3/p+1. The third-order valence-corrected chi connectivity index (χ3v) is 11.0. The van der Waals surface area contributed by atoms with Crippen LogP contribution in [0, 0.1) is 0 Å². The summed E-state index contributed by atoms with van der Waals surface area (Å²) in [6, 6.07) is 39.0. The molecule has 36 heavy (non-hydrogen) atoms. The number of hydrogen-bond acceptors (Lipinski definition) is 4. The van der Waals surface area contributed by atoms with Gasteiger partial charge in [-0.05, 0) is 54.8 Å². The molecule has 4 rings (SSSR count). The van der Waals surface area contributed by atoms with Crippen molar-refractivity contribution < 1.29 is 14.3 Å². The molecule has 1 amide bonds. The maximum Gasteiger partial charge on any atom is 0.377 e. The molecular weight excluding hydrogens is 485 g/mol. The molecule has 1 N–H and O–H groups in total. The number of carbonyl (C=O) groups is 2. The van der Waals surface area contributed by atoms with Gasteiger partial charge in [0.2, 0.25) is 5.31 Å². The van der Waals surface area contributed by atoms with Gasteiger partial charge in [0.15, 0.2) is 7.26 Å². The highest BCUT2D eigenvalue weighted by Gasteiger charge is 2.55. The number of rotatable bonds is 8. The summed E-state index contributed by atoms with van der Waals surface area (Å²) < 4.78 is 5.42. The molecule has 0 aliphatic heterocycles. The molecule has 0 unspecified atom stereocenters. The minimum atomic E-state index is -2.79. The van der Waals surface area contributed by atoms with Crippen molar-refractivity contribution in [3.8, 4) is 0 Å². The molecule has 4 nitrogen and oxygen atoms in total. The maximum absolute atomic E-state index is 13.8. The van der Waals surface area contributed by atoms with Gasteiger partial charge in [-0.3, -0.25) is 4.79 Å². The largest absolute Gasteiger partial charge is 0.463 e. The number of esters is 1. The van der Waals surface area contributed by atoms with Crippen molar-refractivity contribution in [2.24, 2.45) is 0 Å². The molecule has 0 radical (unpaired) electrons. The fourth-order valence-electron chi connectivity index (χ4n) is 4.24. The van der Waals surface area contributed by atoms with Crippen molar-refractivity contribution in [1.82, 2.24) is 5.32 Å². The summed E-state index contributed by atoms with van der Waals surface area (Å²) in [5.41, 5.74) is 0.510. The van der Waals surface area contributed by atoms with E-state index in [0.29, 0.717) is 15.9 Å². The van der Waals surface area contributed by atoms with Gasteiger partial charge in [-0.25, -0.2) is 4.79 Å². The molecule has 0 heterocycles. The second-order valence-electron chi connectivity index (χ2n) is 7.87. The number of carbonyl (C=O) groups excluding carboxylic acids is 2. The summed E-state index contributed by atoms with van der Waals surface area (Å²) in [6.45, 7) is 0. The monoisotopic (exact) mass is 512 g/mol. The minimum Gasteiger partial charge on any atom is -0.463 e. The van der Waals surface area contributed by atoms with Gasteiger partial charge in [-0.1, -0.05) is 72.8 Å². The highest BCUT2D eigenvalue weighted by Crippen LogP contribution is 2.64. The highest BCUT2D eigenvalue weighted by atomic mass is 32.2. The Labute approximate surface area is 216 Å². The predicted octanol–water partition coefficient (Wildman–Crippen LogP) is 5.12. The van der Waals surface area contributed by atoms with E-state index >= 15 is 0 Å². The first-order valence-electron chi connectivity index (χ1n) is 11.4. The van der Waals surface area contributed by atoms with Gasteiger partial charge in [0.05, 0.1) is 7.11 Å². The number of methoxy groups -OCH3 is 1. The van der Waals surface area contributed by atoms with E-state index in [9.17, 15) is 9.59 Å². The lowest BCUT2D eigenvalue weighted by atomic mass is 10.2. The lowest BCUT2D eigenvalue weighted by Gasteiger charge is -2.29. The van der Waals surface area contributed by atoms with Crippen molar-refractivity contribution in [2.75, 3.05) is 13.4 Å². The summed E-state index contributed by atoms with van der Waals surface area (Å²) >= 11 is 1.33. The molecule has 0 atom stereocenters. The van der Waals surface area contributed by atoms with Crippen LogP contribution in [0.5, 0.6) is 0 Å². The Bertz CT molecular complexity index is 1250. The number of hydrogen-bond donors (Lipinski definition) is 1. The summed E-state index contributed by atoms with van der Waals surface area (Å²) in [5, 5.41) is 6.93. The first-order chi connectivity index (χ1) is 17.6. The molecule has 6 heteroatoms. The van der Waals surface area contributed by atoms with Crippen LogP contribution in [0.3, 0.4) is 0 Å². The van der Waals surface area contributed by atoms with Gasteiger partial charge >= 0.3 is 5.97 Å². The van der Waals surface area contributed by atoms with Crippen LogP contribution in [0.15, 0.2) is 132 Å². The smallest absolute Gasteiger partial charge is 0.377 e. The zero-order chi connectivity index (χ0) is 25.4. The fourth-order valence-corrected chi connectivity index (χ4v) is 9.65. The van der Waals surface area contributed by atoms with Gasteiger partial charge in [0.25, 0.3) is 5.91 Å². The van der Waals surface area contributed by atoms with Crippen LogP contribution < -0.4 is 21.2 Å². The molecule has 0 bridgehead atoms. The number of nitrogens with one attached hydrogen (secondary N) is 1. The van der Waals surface area contributed by atoms with E-state index in [4.69, 9.17) is 4.74 Å². The summed E-state index contributed by atoms with van der Waals surface area (Å²) in [7, 11) is -1.40. The Hall–Kier alpha value is -3.66. The third-order valence-electron chi connectivity index (χ3n) is 5.83. The predicted molar refractivity (Wildman–Crippen MR) is 152 cm³/mol. The Morgan fingerprint density at radius 2 is 1.06 bits per heavy atom. The van der Waals surface area contributed by atoms with Crippen molar-refractivity contribution in [3.05, 3.63) is 137 Å². The van der Waals surface area contributed by atoms with E-state index in [1.165, 1.54) is 18.9 Å². The fraction of sp³-hybridized carbons (Fsp3) is 0.0667. The van der Waals surface area contributed by atoms with Gasteiger partial charge in [0.1, 0.15) is 20.9 Å². The highest BCUT2D eigenvalue weighted by molar-refractivity contribution is 8.05. The van der Waals surface area contributed by atoms with E-state index in [1.807, 2.05) is 115 Å². The Kier molecular flexibility index (Phi) is 8.37. The van der Waals surface area contributed by atoms with Crippen LogP contribution in [0.25, 0.3) is 0 Å². The molecule has 180 valence electrons. The zero-order valence-electron chi connectivity index (χ0n) is 20.1. The number of ether oxygens (including phenoxy) is 1. The first kappa shape index (κ1) is 25.4. The second kappa shape index (κ2) is 11.9. The minimum absolute atomic E-state index is 0.284. The summed E-state index contributed by atoms with van der Waals surface area (Å²) in [5.74, 6) is -0.758. The molecule has 0 aliphatic rings. The number of benzene rings is 4.